The number of rotatable bonds is 6. The van der Waals surface area contributed by atoms with E-state index >= 15 is 0 Å². The summed E-state index contributed by atoms with van der Waals surface area (Å²) in [4.78, 5) is 7.73. The zero-order valence-corrected chi connectivity index (χ0v) is 15.4. The highest BCUT2D eigenvalue weighted by molar-refractivity contribution is 7.09. The fraction of sp³-hybridized carbons (Fsp3) is 0.375. The quantitative estimate of drug-likeness (QED) is 0.427. The average Bonchev–Trinajstić information content (AvgIpc) is 3.04. The Morgan fingerprint density at radius 3 is 2.69 bits per heavy atom. The number of hydrogen-bond donors (Lipinski definition) is 2. The molecule has 1 aromatic heterocycles. The van der Waals surface area contributed by atoms with Gasteiger partial charge in [-0.2, -0.15) is 13.2 Å². The molecule has 0 aliphatic rings. The molecule has 0 aliphatic carbocycles. The lowest BCUT2D eigenvalue weighted by atomic mass is 10.1. The van der Waals surface area contributed by atoms with Crippen molar-refractivity contribution in [2.45, 2.75) is 26.1 Å². The van der Waals surface area contributed by atoms with Gasteiger partial charge in [0.15, 0.2) is 11.7 Å². The number of aromatic nitrogens is 1. The third kappa shape index (κ3) is 5.84. The fourth-order valence-corrected chi connectivity index (χ4v) is 3.06. The van der Waals surface area contributed by atoms with Gasteiger partial charge in [0.25, 0.3) is 0 Å². The standard InChI is InChI=1S/C16H17ClF4N4S/c1-2-22-15(23-7-6-10-11(17)4-3-5-12(10)18)24-8-14-25-13(9-26-14)16(19,20)21/h3-5,9H,2,6-8H2,1H3,(H2,22,23,24). The number of thiazole rings is 1. The first-order valence-electron chi connectivity index (χ1n) is 7.78. The molecular weight excluding hydrogens is 392 g/mol. The number of guanidine groups is 1. The molecule has 0 fully saturated rings. The van der Waals surface area contributed by atoms with Crippen LogP contribution in [0.15, 0.2) is 28.6 Å². The third-order valence-corrected chi connectivity index (χ3v) is 4.48. The number of hydrogen-bond acceptors (Lipinski definition) is 3. The Hall–Kier alpha value is -1.87. The molecule has 0 bridgehead atoms. The van der Waals surface area contributed by atoms with Crippen molar-refractivity contribution >= 4 is 28.9 Å². The number of halogens is 5. The van der Waals surface area contributed by atoms with Gasteiger partial charge in [0.05, 0.1) is 6.54 Å². The molecule has 0 unspecified atom stereocenters. The molecule has 0 radical (unpaired) electrons. The topological polar surface area (TPSA) is 49.3 Å². The van der Waals surface area contributed by atoms with Crippen molar-refractivity contribution in [1.29, 1.82) is 0 Å². The van der Waals surface area contributed by atoms with Gasteiger partial charge in [-0.3, -0.25) is 0 Å². The van der Waals surface area contributed by atoms with Crippen molar-refractivity contribution in [2.24, 2.45) is 4.99 Å². The zero-order valence-electron chi connectivity index (χ0n) is 13.8. The zero-order chi connectivity index (χ0) is 19.2. The SMILES string of the molecule is CCNC(=NCc1nc(C(F)(F)F)cs1)NCCc1c(F)cccc1Cl. The number of aliphatic imine (C=N–C) groups is 1. The van der Waals surface area contributed by atoms with E-state index in [4.69, 9.17) is 11.6 Å². The van der Waals surface area contributed by atoms with Crippen LogP contribution in [0.5, 0.6) is 0 Å². The maximum absolute atomic E-state index is 13.7. The van der Waals surface area contributed by atoms with E-state index in [0.29, 0.717) is 36.1 Å². The molecular formula is C16H17ClF4N4S. The molecule has 4 nitrogen and oxygen atoms in total. The first kappa shape index (κ1) is 20.4. The predicted molar refractivity (Wildman–Crippen MR) is 95.0 cm³/mol. The van der Waals surface area contributed by atoms with Crippen LogP contribution in [0.3, 0.4) is 0 Å². The first-order chi connectivity index (χ1) is 12.3. The lowest BCUT2D eigenvalue weighted by Crippen LogP contribution is -2.38. The van der Waals surface area contributed by atoms with Crippen LogP contribution in [-0.4, -0.2) is 24.0 Å². The molecule has 1 heterocycles. The molecule has 0 amide bonds. The molecule has 0 spiro atoms. The third-order valence-electron chi connectivity index (χ3n) is 3.29. The molecule has 0 aliphatic heterocycles. The minimum Gasteiger partial charge on any atom is -0.357 e. The van der Waals surface area contributed by atoms with Crippen molar-refractivity contribution in [2.75, 3.05) is 13.1 Å². The second-order valence-electron chi connectivity index (χ2n) is 5.20. The molecule has 0 saturated carbocycles. The maximum atomic E-state index is 13.7. The van der Waals surface area contributed by atoms with E-state index in [1.807, 2.05) is 6.92 Å². The second kappa shape index (κ2) is 9.18. The van der Waals surface area contributed by atoms with Gasteiger partial charge >= 0.3 is 6.18 Å². The number of benzene rings is 1. The summed E-state index contributed by atoms with van der Waals surface area (Å²) in [5.74, 6) is 0.0208. The van der Waals surface area contributed by atoms with Crippen LogP contribution in [-0.2, 0) is 19.1 Å². The Morgan fingerprint density at radius 1 is 1.31 bits per heavy atom. The lowest BCUT2D eigenvalue weighted by Gasteiger charge is -2.12. The Labute approximate surface area is 157 Å². The van der Waals surface area contributed by atoms with Crippen LogP contribution >= 0.6 is 22.9 Å². The summed E-state index contributed by atoms with van der Waals surface area (Å²) in [5.41, 5.74) is -0.521. The number of alkyl halides is 3. The first-order valence-corrected chi connectivity index (χ1v) is 9.03. The summed E-state index contributed by atoms with van der Waals surface area (Å²) in [6.07, 6.45) is -4.12. The number of nitrogens with zero attached hydrogens (tertiary/aromatic N) is 2. The van der Waals surface area contributed by atoms with E-state index in [1.54, 1.807) is 6.07 Å². The monoisotopic (exact) mass is 408 g/mol. The van der Waals surface area contributed by atoms with Gasteiger partial charge in [0.1, 0.15) is 10.8 Å². The summed E-state index contributed by atoms with van der Waals surface area (Å²) in [6, 6.07) is 4.48. The Balaban J connectivity index is 1.95. The molecule has 0 atom stereocenters. The van der Waals surface area contributed by atoms with E-state index in [0.717, 1.165) is 16.7 Å². The minimum atomic E-state index is -4.46. The van der Waals surface area contributed by atoms with Gasteiger partial charge in [0, 0.05) is 29.1 Å². The van der Waals surface area contributed by atoms with Gasteiger partial charge in [-0.1, -0.05) is 17.7 Å². The molecule has 2 aromatic rings. The normalized spacial score (nSPS) is 12.3. The van der Waals surface area contributed by atoms with Crippen molar-refractivity contribution < 1.29 is 17.6 Å². The van der Waals surface area contributed by atoms with Gasteiger partial charge in [0.2, 0.25) is 0 Å². The van der Waals surface area contributed by atoms with E-state index in [9.17, 15) is 17.6 Å². The van der Waals surface area contributed by atoms with Gasteiger partial charge in [-0.15, -0.1) is 11.3 Å². The largest absolute Gasteiger partial charge is 0.434 e. The minimum absolute atomic E-state index is 0.0105. The van der Waals surface area contributed by atoms with Crippen LogP contribution < -0.4 is 10.6 Å². The molecule has 1 aromatic carbocycles. The smallest absolute Gasteiger partial charge is 0.357 e. The highest BCUT2D eigenvalue weighted by Gasteiger charge is 2.33. The van der Waals surface area contributed by atoms with Crippen molar-refractivity contribution in [1.82, 2.24) is 15.6 Å². The molecule has 142 valence electrons. The van der Waals surface area contributed by atoms with E-state index in [-0.39, 0.29) is 17.4 Å². The highest BCUT2D eigenvalue weighted by atomic mass is 35.5. The summed E-state index contributed by atoms with van der Waals surface area (Å²) in [5, 5.41) is 7.53. The fourth-order valence-electron chi connectivity index (χ4n) is 2.08. The lowest BCUT2D eigenvalue weighted by molar-refractivity contribution is -0.140. The molecule has 2 N–H and O–H groups in total. The predicted octanol–water partition coefficient (Wildman–Crippen LogP) is 4.25. The van der Waals surface area contributed by atoms with E-state index in [2.05, 4.69) is 20.6 Å². The molecule has 2 rings (SSSR count). The van der Waals surface area contributed by atoms with Crippen molar-refractivity contribution in [3.8, 4) is 0 Å². The summed E-state index contributed by atoms with van der Waals surface area (Å²) in [7, 11) is 0. The Bertz CT molecular complexity index is 741. The molecule has 0 saturated heterocycles. The van der Waals surface area contributed by atoms with Crippen LogP contribution in [0.25, 0.3) is 0 Å². The summed E-state index contributed by atoms with van der Waals surface area (Å²) in [6.45, 7) is 2.79. The number of nitrogens with one attached hydrogen (secondary N) is 2. The van der Waals surface area contributed by atoms with Crippen LogP contribution in [0, 0.1) is 5.82 Å². The molecule has 26 heavy (non-hydrogen) atoms. The average molecular weight is 409 g/mol. The van der Waals surface area contributed by atoms with Crippen LogP contribution in [0.4, 0.5) is 17.6 Å². The van der Waals surface area contributed by atoms with E-state index < -0.39 is 11.9 Å². The van der Waals surface area contributed by atoms with E-state index in [1.165, 1.54) is 12.1 Å². The van der Waals surface area contributed by atoms with Crippen LogP contribution in [0.1, 0.15) is 23.2 Å². The van der Waals surface area contributed by atoms with Gasteiger partial charge < -0.3 is 10.6 Å². The second-order valence-corrected chi connectivity index (χ2v) is 6.55. The van der Waals surface area contributed by atoms with Gasteiger partial charge in [-0.05, 0) is 25.5 Å². The van der Waals surface area contributed by atoms with Gasteiger partial charge in [-0.25, -0.2) is 14.4 Å². The summed E-state index contributed by atoms with van der Waals surface area (Å²) < 4.78 is 51.4. The Morgan fingerprint density at radius 2 is 2.08 bits per heavy atom. The highest BCUT2D eigenvalue weighted by Crippen LogP contribution is 2.30. The Kier molecular flexibility index (Phi) is 7.22. The summed E-state index contributed by atoms with van der Waals surface area (Å²) >= 11 is 6.87. The molecule has 10 heteroatoms. The van der Waals surface area contributed by atoms with Crippen molar-refractivity contribution in [3.63, 3.8) is 0 Å². The van der Waals surface area contributed by atoms with Crippen molar-refractivity contribution in [3.05, 3.63) is 50.7 Å². The van der Waals surface area contributed by atoms with Crippen LogP contribution in [0.2, 0.25) is 5.02 Å². The maximum Gasteiger partial charge on any atom is 0.434 e.